The van der Waals surface area contributed by atoms with Crippen molar-refractivity contribution in [2.45, 2.75) is 189 Å². The number of hydrogen-bond donors (Lipinski definition) is 6. The molecule has 0 saturated carbocycles. The van der Waals surface area contributed by atoms with Crippen molar-refractivity contribution in [2.24, 2.45) is 0 Å². The molecular formula is C102H121Br3N12O18. The number of benzene rings is 3. The van der Waals surface area contributed by atoms with Crippen LogP contribution in [0.25, 0.3) is 33.4 Å². The molecule has 4 unspecified atom stereocenters. The number of hydrogen-bond acceptors (Lipinski definition) is 25. The van der Waals surface area contributed by atoms with Crippen molar-refractivity contribution in [3.05, 3.63) is 275 Å². The van der Waals surface area contributed by atoms with E-state index in [0.29, 0.717) is 114 Å². The molecule has 5 amide bonds. The van der Waals surface area contributed by atoms with Crippen molar-refractivity contribution in [3.63, 3.8) is 0 Å². The zero-order chi connectivity index (χ0) is 100.0. The Kier molecular flexibility index (Phi) is 47.5. The normalized spacial score (nSPS) is 12.7. The van der Waals surface area contributed by atoms with Gasteiger partial charge in [0.1, 0.15) is 40.5 Å². The summed E-state index contributed by atoms with van der Waals surface area (Å²) in [6, 6.07) is 37.5. The number of nitrogens with two attached hydrogens (primary N) is 1. The van der Waals surface area contributed by atoms with Crippen LogP contribution in [0.5, 0.6) is 0 Å². The number of nitrogen functional groups attached to an aromatic ring is 1. The first kappa shape index (κ1) is 112. The molecule has 2 bridgehead atoms. The second-order valence-electron chi connectivity index (χ2n) is 32.4. The van der Waals surface area contributed by atoms with Crippen LogP contribution in [0.4, 0.5) is 48.5 Å². The first-order valence-corrected chi connectivity index (χ1v) is 45.8. The van der Waals surface area contributed by atoms with Gasteiger partial charge in [0.25, 0.3) is 0 Å². The van der Waals surface area contributed by atoms with Crippen LogP contribution in [0, 0.1) is 6.92 Å². The third-order valence-corrected chi connectivity index (χ3v) is 19.4. The Balaban J connectivity index is 0.000000302. The molecule has 7 N–H and O–H groups in total. The average Bonchev–Trinajstić information content (AvgIpc) is 0.810. The summed E-state index contributed by atoms with van der Waals surface area (Å²) in [6.07, 6.45) is 20.4. The number of rotatable bonds is 28. The van der Waals surface area contributed by atoms with Gasteiger partial charge in [0.2, 0.25) is 11.8 Å². The van der Waals surface area contributed by atoms with Crippen molar-refractivity contribution >= 4 is 142 Å². The summed E-state index contributed by atoms with van der Waals surface area (Å²) in [5.74, 6) is -4.12. The van der Waals surface area contributed by atoms with Crippen molar-refractivity contribution in [3.8, 4) is 33.4 Å². The number of carbonyl (C=O) groups excluding carboxylic acids is 10. The van der Waals surface area contributed by atoms with E-state index in [2.05, 4.69) is 131 Å². The van der Waals surface area contributed by atoms with E-state index >= 15 is 0 Å². The lowest BCUT2D eigenvalue weighted by Gasteiger charge is -2.20. The van der Waals surface area contributed by atoms with Gasteiger partial charge >= 0.3 is 48.1 Å². The summed E-state index contributed by atoms with van der Waals surface area (Å²) in [6.45, 7) is 43.2. The number of aryl methyl sites for hydroxylation is 1. The van der Waals surface area contributed by atoms with Crippen LogP contribution in [0.1, 0.15) is 193 Å². The predicted octanol–water partition coefficient (Wildman–Crippen LogP) is 22.9. The summed E-state index contributed by atoms with van der Waals surface area (Å²) in [5.41, 5.74) is 15.9. The third kappa shape index (κ3) is 41.3. The van der Waals surface area contributed by atoms with Crippen LogP contribution in [-0.4, -0.2) is 140 Å². The highest BCUT2D eigenvalue weighted by Gasteiger charge is 2.29. The Morgan fingerprint density at radius 2 is 0.874 bits per heavy atom. The quantitative estimate of drug-likeness (QED) is 0.0115. The minimum absolute atomic E-state index is 0.120. The maximum absolute atomic E-state index is 12.5. The summed E-state index contributed by atoms with van der Waals surface area (Å²) in [7, 11) is 0. The highest BCUT2D eigenvalue weighted by molar-refractivity contribution is 9.11. The lowest BCUT2D eigenvalue weighted by molar-refractivity contribution is -0.145. The number of nitrogens with one attached hydrogen (secondary N) is 5. The van der Waals surface area contributed by atoms with Gasteiger partial charge in [-0.15, -0.1) is 26.3 Å². The number of halogens is 3. The van der Waals surface area contributed by atoms with Crippen LogP contribution in [0.3, 0.4) is 0 Å². The summed E-state index contributed by atoms with van der Waals surface area (Å²) < 4.78 is 44.2. The van der Waals surface area contributed by atoms with Gasteiger partial charge in [-0.1, -0.05) is 102 Å². The smallest absolute Gasteiger partial charge is 0.412 e. The van der Waals surface area contributed by atoms with Gasteiger partial charge in [-0.2, -0.15) is 0 Å². The van der Waals surface area contributed by atoms with Gasteiger partial charge in [0, 0.05) is 109 Å². The SMILES string of the molecule is C=CCC(=O)Nc1cc(NC(=O)OC(C)(C)C)ccc1-c1ccnc(C(CC=C)C(=O)OCC)c1.C=CCC(C(=O)OCC)c1cc(-c2ccc(NC(=O)OC(C)(C)C)cc2N)ccn1.C=CCC(C(=O)OCC)c1cc(Br)ccn1.CCOC(=O)C1C/C=C/CC(=O)Nc2cc(NC(=O)OC(C)(C)C)ccc2-c2ccnc1c2.CCOC(=O)Cc1cc(Br)ccn1.Cc1cc(Br)ccn1. The van der Waals surface area contributed by atoms with Gasteiger partial charge in [0.05, 0.1) is 79.3 Å². The van der Waals surface area contributed by atoms with E-state index in [0.717, 1.165) is 46.9 Å². The molecular weight excluding hydrogens is 1920 g/mol. The monoisotopic (exact) mass is 2040 g/mol. The Labute approximate surface area is 815 Å². The van der Waals surface area contributed by atoms with Crippen molar-refractivity contribution < 1.29 is 85.8 Å². The molecule has 30 nitrogen and oxygen atoms in total. The molecule has 0 aliphatic carbocycles. The number of amides is 5. The second kappa shape index (κ2) is 57.2. The van der Waals surface area contributed by atoms with Crippen molar-refractivity contribution in [1.29, 1.82) is 0 Å². The first-order chi connectivity index (χ1) is 64.1. The number of aromatic nitrogens is 6. The lowest BCUT2D eigenvalue weighted by atomic mass is 9.96. The molecule has 9 aromatic rings. The van der Waals surface area contributed by atoms with Gasteiger partial charge in [-0.3, -0.25) is 79.4 Å². The summed E-state index contributed by atoms with van der Waals surface area (Å²) in [4.78, 5) is 147. The predicted molar refractivity (Wildman–Crippen MR) is 536 cm³/mol. The minimum Gasteiger partial charge on any atom is -0.466 e. The molecule has 0 spiro atoms. The molecule has 135 heavy (non-hydrogen) atoms. The summed E-state index contributed by atoms with van der Waals surface area (Å²) in [5, 5.41) is 13.8. The maximum Gasteiger partial charge on any atom is 0.412 e. The second-order valence-corrected chi connectivity index (χ2v) is 35.1. The number of esters is 5. The molecule has 0 radical (unpaired) electrons. The Hall–Kier alpha value is -13.4. The number of allylic oxidation sites excluding steroid dienone is 4. The number of pyridine rings is 6. The molecule has 6 aromatic heterocycles. The number of ether oxygens (including phenoxy) is 8. The standard InChI is InChI=1S/C27H33N3O5.C25H29N3O5.C23H29N3O4.C12H14BrNO2.C9H10BrNO2.C6H6BrN/c1-7-10-21(25(32)34-9-3)22-16-18(14-15-28-22)20-13-12-19(29-26(33)35-27(4,5)6)17-23(20)30-24(31)11-8-2;1-5-32-23(30)19-8-6-7-9-22(29)28-21-15-17(27-24(31)33-25(2,3)4)10-11-18(21)16-12-13-26-20(19)14-16;1-6-8-18(21(27)29-7-2)20-13-15(11-12-25-20)17-10-9-16(14-19(17)24)26-22(28)30-23(3,4)5;1-3-5-10(12(15)16-4-2)11-8-9(13)6-7-14-11;1-2-13-9(12)6-8-5-7(10)3-4-11-8;1-5-4-6(7)2-3-8-5/h7-8,12-17,21H,1-2,9-11H2,3-6H3,(H,29,33)(H,30,31);6-7,10-15,19H,5,8-9H2,1-4H3,(H,27,31)(H,28,29);6,9-14,18H,1,7-8,24H2,2-5H3,(H,26,28);3,6-8,10H,1,4-5H2,2H3;3-5H,2,6H2,1H3;2-4H,1H3/b;7-6+;;;;. The molecule has 0 saturated heterocycles. The molecule has 1 aliphatic heterocycles. The van der Waals surface area contributed by atoms with E-state index in [1.165, 1.54) is 6.08 Å². The Morgan fingerprint density at radius 3 is 1.31 bits per heavy atom. The Bertz CT molecular complexity index is 5560. The molecule has 7 heterocycles. The number of fused-ring (bicyclic) bond motifs is 4. The van der Waals surface area contributed by atoms with E-state index in [1.807, 2.05) is 55.5 Å². The van der Waals surface area contributed by atoms with Crippen molar-refractivity contribution in [2.75, 3.05) is 65.4 Å². The maximum atomic E-state index is 12.5. The number of nitrogens with zero attached hydrogens (tertiary/aromatic N) is 6. The van der Waals surface area contributed by atoms with Gasteiger partial charge in [-0.05, 0) is 255 Å². The fourth-order valence-corrected chi connectivity index (χ4v) is 13.5. The average molecular weight is 2040 g/mol. The van der Waals surface area contributed by atoms with Gasteiger partial charge in [-0.25, -0.2) is 14.4 Å². The fraction of sp³-hybridized carbons (Fsp3) is 0.333. The van der Waals surface area contributed by atoms with Crippen LogP contribution in [0.2, 0.25) is 0 Å². The van der Waals surface area contributed by atoms with E-state index in [1.54, 1.807) is 243 Å². The fourth-order valence-electron chi connectivity index (χ4n) is 12.3. The van der Waals surface area contributed by atoms with Gasteiger partial charge in [0.15, 0.2) is 0 Å². The largest absolute Gasteiger partial charge is 0.466 e. The Morgan fingerprint density at radius 1 is 0.459 bits per heavy atom. The minimum atomic E-state index is -0.653. The highest BCUT2D eigenvalue weighted by Crippen LogP contribution is 2.38. The molecule has 718 valence electrons. The van der Waals surface area contributed by atoms with Crippen LogP contribution in [0.15, 0.2) is 241 Å². The number of carbonyl (C=O) groups is 10. The molecule has 10 rings (SSSR count). The molecule has 1 aliphatic rings. The molecule has 0 fully saturated rings. The van der Waals surface area contributed by atoms with Gasteiger partial charge < -0.3 is 54.3 Å². The molecule has 33 heteroatoms. The van der Waals surface area contributed by atoms with Crippen LogP contribution >= 0.6 is 47.8 Å². The van der Waals surface area contributed by atoms with E-state index in [9.17, 15) is 47.9 Å². The van der Waals surface area contributed by atoms with E-state index < -0.39 is 52.8 Å². The molecule has 3 aromatic carbocycles. The van der Waals surface area contributed by atoms with Crippen LogP contribution < -0.4 is 32.3 Å². The van der Waals surface area contributed by atoms with E-state index in [4.69, 9.17) is 43.6 Å². The lowest BCUT2D eigenvalue weighted by Crippen LogP contribution is -2.27. The topological polar surface area (TPSA) is 408 Å². The summed E-state index contributed by atoms with van der Waals surface area (Å²) >= 11 is 9.97. The molecule has 4 atom stereocenters. The zero-order valence-corrected chi connectivity index (χ0v) is 83.7. The first-order valence-electron chi connectivity index (χ1n) is 43.4. The highest BCUT2D eigenvalue weighted by atomic mass is 79.9. The van der Waals surface area contributed by atoms with E-state index in [-0.39, 0.29) is 80.1 Å². The zero-order valence-electron chi connectivity index (χ0n) is 78.9. The number of anilines is 6. The van der Waals surface area contributed by atoms with Crippen molar-refractivity contribution in [1.82, 2.24) is 29.9 Å². The third-order valence-electron chi connectivity index (χ3n) is 18.0. The van der Waals surface area contributed by atoms with Crippen LogP contribution in [-0.2, 0) is 77.9 Å².